The standard InChI is InChI=1S/C17H18N2O/c18-10-14-6-2-1-5-13(14)9-17(20)19-11-15-7-3-4-8-16(15)12-19/h1-8H,9-12,18H2. The van der Waals surface area contributed by atoms with Gasteiger partial charge in [-0.1, -0.05) is 48.5 Å². The average Bonchev–Trinajstić information content (AvgIpc) is 2.92. The molecule has 0 aromatic heterocycles. The maximum Gasteiger partial charge on any atom is 0.227 e. The van der Waals surface area contributed by atoms with Gasteiger partial charge in [0, 0.05) is 19.6 Å². The van der Waals surface area contributed by atoms with Gasteiger partial charge in [-0.25, -0.2) is 0 Å². The van der Waals surface area contributed by atoms with E-state index in [1.807, 2.05) is 41.3 Å². The SMILES string of the molecule is NCc1ccccc1CC(=O)N1Cc2ccccc2C1. The smallest absolute Gasteiger partial charge is 0.227 e. The molecule has 3 rings (SSSR count). The van der Waals surface area contributed by atoms with Crippen LogP contribution in [0.15, 0.2) is 48.5 Å². The molecule has 1 amide bonds. The third kappa shape index (κ3) is 2.45. The van der Waals surface area contributed by atoms with Crippen molar-refractivity contribution < 1.29 is 4.79 Å². The van der Waals surface area contributed by atoms with Crippen molar-refractivity contribution in [2.45, 2.75) is 26.1 Å². The van der Waals surface area contributed by atoms with Crippen molar-refractivity contribution in [2.75, 3.05) is 0 Å². The Morgan fingerprint density at radius 2 is 1.50 bits per heavy atom. The largest absolute Gasteiger partial charge is 0.334 e. The van der Waals surface area contributed by atoms with Crippen LogP contribution in [0.3, 0.4) is 0 Å². The molecule has 2 N–H and O–H groups in total. The molecular weight excluding hydrogens is 248 g/mol. The number of nitrogens with zero attached hydrogens (tertiary/aromatic N) is 1. The van der Waals surface area contributed by atoms with E-state index in [2.05, 4.69) is 12.1 Å². The lowest BCUT2D eigenvalue weighted by Crippen LogP contribution is -2.27. The predicted molar refractivity (Wildman–Crippen MR) is 78.7 cm³/mol. The van der Waals surface area contributed by atoms with Crippen LogP contribution in [0.1, 0.15) is 22.3 Å². The van der Waals surface area contributed by atoms with Gasteiger partial charge in [0.15, 0.2) is 0 Å². The van der Waals surface area contributed by atoms with Crippen molar-refractivity contribution in [1.82, 2.24) is 4.90 Å². The third-order valence-corrected chi connectivity index (χ3v) is 3.87. The summed E-state index contributed by atoms with van der Waals surface area (Å²) in [5, 5.41) is 0. The van der Waals surface area contributed by atoms with Crippen LogP contribution in [0.2, 0.25) is 0 Å². The topological polar surface area (TPSA) is 46.3 Å². The van der Waals surface area contributed by atoms with Gasteiger partial charge in [0.2, 0.25) is 5.91 Å². The molecule has 0 radical (unpaired) electrons. The number of nitrogens with two attached hydrogens (primary N) is 1. The zero-order valence-electron chi connectivity index (χ0n) is 11.4. The molecule has 0 saturated heterocycles. The number of hydrogen-bond acceptors (Lipinski definition) is 2. The summed E-state index contributed by atoms with van der Waals surface area (Å²) in [4.78, 5) is 14.4. The Balaban J connectivity index is 1.72. The molecule has 0 fully saturated rings. The molecule has 1 aliphatic heterocycles. The minimum absolute atomic E-state index is 0.169. The van der Waals surface area contributed by atoms with Crippen molar-refractivity contribution in [2.24, 2.45) is 5.73 Å². The monoisotopic (exact) mass is 266 g/mol. The molecule has 1 heterocycles. The molecule has 102 valence electrons. The molecule has 0 unspecified atom stereocenters. The maximum absolute atomic E-state index is 12.4. The van der Waals surface area contributed by atoms with Gasteiger partial charge in [-0.05, 0) is 22.3 Å². The van der Waals surface area contributed by atoms with Crippen molar-refractivity contribution in [1.29, 1.82) is 0 Å². The van der Waals surface area contributed by atoms with E-state index in [0.717, 1.165) is 24.2 Å². The minimum Gasteiger partial charge on any atom is -0.334 e. The Morgan fingerprint density at radius 1 is 0.950 bits per heavy atom. The van der Waals surface area contributed by atoms with E-state index in [9.17, 15) is 4.79 Å². The summed E-state index contributed by atoms with van der Waals surface area (Å²) in [6.07, 6.45) is 0.432. The molecule has 20 heavy (non-hydrogen) atoms. The fourth-order valence-corrected chi connectivity index (χ4v) is 2.71. The van der Waals surface area contributed by atoms with Crippen LogP contribution in [0.4, 0.5) is 0 Å². The first-order valence-electron chi connectivity index (χ1n) is 6.89. The van der Waals surface area contributed by atoms with Gasteiger partial charge in [0.25, 0.3) is 0 Å². The van der Waals surface area contributed by atoms with Gasteiger partial charge < -0.3 is 10.6 Å². The number of amides is 1. The van der Waals surface area contributed by atoms with Crippen LogP contribution in [0.5, 0.6) is 0 Å². The van der Waals surface area contributed by atoms with Gasteiger partial charge in [0.05, 0.1) is 6.42 Å². The number of hydrogen-bond donors (Lipinski definition) is 1. The highest BCUT2D eigenvalue weighted by atomic mass is 16.2. The fraction of sp³-hybridized carbons (Fsp3) is 0.235. The first-order chi connectivity index (χ1) is 9.78. The zero-order valence-corrected chi connectivity index (χ0v) is 11.4. The molecule has 0 atom stereocenters. The normalized spacial score (nSPS) is 13.3. The van der Waals surface area contributed by atoms with E-state index < -0.39 is 0 Å². The summed E-state index contributed by atoms with van der Waals surface area (Å²) in [7, 11) is 0. The second kappa shape index (κ2) is 5.47. The first-order valence-corrected chi connectivity index (χ1v) is 6.89. The van der Waals surface area contributed by atoms with Gasteiger partial charge in [0.1, 0.15) is 0 Å². The van der Waals surface area contributed by atoms with Gasteiger partial charge in [-0.2, -0.15) is 0 Å². The lowest BCUT2D eigenvalue weighted by molar-refractivity contribution is -0.131. The summed E-state index contributed by atoms with van der Waals surface area (Å²) >= 11 is 0. The first kappa shape index (κ1) is 12.9. The van der Waals surface area contributed by atoms with Crippen LogP contribution in [-0.2, 0) is 30.8 Å². The second-order valence-electron chi connectivity index (χ2n) is 5.17. The lowest BCUT2D eigenvalue weighted by Gasteiger charge is -2.16. The van der Waals surface area contributed by atoms with E-state index in [1.165, 1.54) is 11.1 Å². The van der Waals surface area contributed by atoms with E-state index in [-0.39, 0.29) is 5.91 Å². The summed E-state index contributed by atoms with van der Waals surface area (Å²) in [6.45, 7) is 1.92. The maximum atomic E-state index is 12.4. The number of fused-ring (bicyclic) bond motifs is 1. The Bertz CT molecular complexity index is 611. The van der Waals surface area contributed by atoms with Crippen molar-refractivity contribution in [3.05, 3.63) is 70.8 Å². The molecule has 3 nitrogen and oxygen atoms in total. The molecule has 0 aliphatic carbocycles. The molecule has 0 bridgehead atoms. The quantitative estimate of drug-likeness (QED) is 0.926. The molecular formula is C17H18N2O. The van der Waals surface area contributed by atoms with E-state index in [4.69, 9.17) is 5.73 Å². The van der Waals surface area contributed by atoms with Gasteiger partial charge in [-0.3, -0.25) is 4.79 Å². The highest BCUT2D eigenvalue weighted by Gasteiger charge is 2.23. The van der Waals surface area contributed by atoms with Gasteiger partial charge in [-0.15, -0.1) is 0 Å². The molecule has 3 heteroatoms. The average molecular weight is 266 g/mol. The lowest BCUT2D eigenvalue weighted by atomic mass is 10.0. The number of carbonyl (C=O) groups excluding carboxylic acids is 1. The molecule has 0 saturated carbocycles. The van der Waals surface area contributed by atoms with Crippen LogP contribution in [-0.4, -0.2) is 10.8 Å². The third-order valence-electron chi connectivity index (χ3n) is 3.87. The summed E-state index contributed by atoms with van der Waals surface area (Å²) in [6, 6.07) is 16.1. The summed E-state index contributed by atoms with van der Waals surface area (Å²) < 4.78 is 0. The fourth-order valence-electron chi connectivity index (χ4n) is 2.71. The zero-order chi connectivity index (χ0) is 13.9. The molecule has 1 aliphatic rings. The van der Waals surface area contributed by atoms with E-state index in [0.29, 0.717) is 13.0 Å². The van der Waals surface area contributed by atoms with Crippen LogP contribution < -0.4 is 5.73 Å². The summed E-state index contributed by atoms with van der Waals surface area (Å²) in [5.41, 5.74) is 10.3. The Morgan fingerprint density at radius 3 is 2.10 bits per heavy atom. The number of benzene rings is 2. The molecule has 2 aromatic carbocycles. The number of rotatable bonds is 3. The highest BCUT2D eigenvalue weighted by molar-refractivity contribution is 5.79. The van der Waals surface area contributed by atoms with Crippen molar-refractivity contribution >= 4 is 5.91 Å². The van der Waals surface area contributed by atoms with E-state index >= 15 is 0 Å². The Hall–Kier alpha value is -2.13. The highest BCUT2D eigenvalue weighted by Crippen LogP contribution is 2.23. The van der Waals surface area contributed by atoms with Crippen LogP contribution in [0, 0.1) is 0 Å². The molecule has 0 spiro atoms. The van der Waals surface area contributed by atoms with Crippen LogP contribution in [0.25, 0.3) is 0 Å². The van der Waals surface area contributed by atoms with Gasteiger partial charge >= 0.3 is 0 Å². The second-order valence-corrected chi connectivity index (χ2v) is 5.17. The Kier molecular flexibility index (Phi) is 3.52. The predicted octanol–water partition coefficient (Wildman–Crippen LogP) is 2.23. The minimum atomic E-state index is 0.169. The summed E-state index contributed by atoms with van der Waals surface area (Å²) in [5.74, 6) is 0.169. The number of carbonyl (C=O) groups is 1. The van der Waals surface area contributed by atoms with Crippen molar-refractivity contribution in [3.63, 3.8) is 0 Å². The van der Waals surface area contributed by atoms with Crippen molar-refractivity contribution in [3.8, 4) is 0 Å². The van der Waals surface area contributed by atoms with E-state index in [1.54, 1.807) is 0 Å². The van der Waals surface area contributed by atoms with Crippen LogP contribution >= 0.6 is 0 Å². The Labute approximate surface area is 119 Å². The molecule has 2 aromatic rings.